The van der Waals surface area contributed by atoms with Gasteiger partial charge in [0.25, 0.3) is 0 Å². The van der Waals surface area contributed by atoms with E-state index in [4.69, 9.17) is 25.8 Å². The van der Waals surface area contributed by atoms with Gasteiger partial charge in [-0.05, 0) is 42.8 Å². The highest BCUT2D eigenvalue weighted by atomic mass is 35.5. The van der Waals surface area contributed by atoms with Crippen molar-refractivity contribution < 1.29 is 19.3 Å². The Hall–Kier alpha value is -1.83. The van der Waals surface area contributed by atoms with Crippen molar-refractivity contribution >= 4 is 11.6 Å². The van der Waals surface area contributed by atoms with Gasteiger partial charge in [-0.1, -0.05) is 23.7 Å². The monoisotopic (exact) mass is 448 g/mol. The van der Waals surface area contributed by atoms with Crippen LogP contribution in [0.1, 0.15) is 24.2 Å². The maximum Gasteiger partial charge on any atom is 0.123 e. The van der Waals surface area contributed by atoms with Gasteiger partial charge in [0, 0.05) is 49.9 Å². The predicted molar refractivity (Wildman–Crippen MR) is 123 cm³/mol. The average Bonchev–Trinajstić information content (AvgIpc) is 2.79. The summed E-state index contributed by atoms with van der Waals surface area (Å²) in [4.78, 5) is 4.69. The molecule has 6 nitrogen and oxygen atoms in total. The number of nitrogens with zero attached hydrogens (tertiary/aromatic N) is 2. The van der Waals surface area contributed by atoms with Gasteiger partial charge in [0.2, 0.25) is 0 Å². The number of β-amino-alcohol motifs (C(OH)–C–C–N with tert-alkyl or cyclic N) is 1. The summed E-state index contributed by atoms with van der Waals surface area (Å²) >= 11 is 5.93. The van der Waals surface area contributed by atoms with E-state index in [0.29, 0.717) is 18.2 Å². The summed E-state index contributed by atoms with van der Waals surface area (Å²) in [6.45, 7) is 7.44. The molecule has 0 aromatic heterocycles. The molecule has 0 saturated carbocycles. The van der Waals surface area contributed by atoms with Gasteiger partial charge in [0.15, 0.2) is 0 Å². The molecule has 2 aromatic carbocycles. The number of hydrogen-bond acceptors (Lipinski definition) is 6. The summed E-state index contributed by atoms with van der Waals surface area (Å²) in [7, 11) is 3.37. The van der Waals surface area contributed by atoms with Gasteiger partial charge >= 0.3 is 0 Å². The molecule has 170 valence electrons. The Labute approximate surface area is 190 Å². The summed E-state index contributed by atoms with van der Waals surface area (Å²) < 4.78 is 16.7. The Bertz CT molecular complexity index is 810. The Morgan fingerprint density at radius 2 is 1.65 bits per heavy atom. The van der Waals surface area contributed by atoms with Crippen molar-refractivity contribution in [2.45, 2.75) is 25.7 Å². The number of rotatable bonds is 10. The Balaban J connectivity index is 1.41. The molecule has 1 fully saturated rings. The van der Waals surface area contributed by atoms with E-state index in [1.165, 1.54) is 0 Å². The van der Waals surface area contributed by atoms with E-state index in [-0.39, 0.29) is 6.10 Å². The number of halogens is 1. The minimum Gasteiger partial charge on any atom is -0.497 e. The Kier molecular flexibility index (Phi) is 8.99. The molecular formula is C24H33ClN2O4. The standard InChI is InChI=1S/C24H33ClN2O4/c1-18(19-4-6-21(25)7-5-19)31-17-22(28)16-27-12-10-26(11-13-27)15-20-14-23(29-2)8-9-24(20)30-3/h4-9,14,18,22,28H,10-13,15-17H2,1-3H3. The van der Waals surface area contributed by atoms with E-state index < -0.39 is 6.10 Å². The molecule has 1 aliphatic heterocycles. The number of aliphatic hydroxyl groups excluding tert-OH is 1. The lowest BCUT2D eigenvalue weighted by Gasteiger charge is -2.35. The van der Waals surface area contributed by atoms with Crippen LogP contribution in [0.15, 0.2) is 42.5 Å². The number of ether oxygens (including phenoxy) is 3. The van der Waals surface area contributed by atoms with Crippen molar-refractivity contribution in [2.24, 2.45) is 0 Å². The molecule has 0 amide bonds. The van der Waals surface area contributed by atoms with Crippen LogP contribution in [-0.4, -0.2) is 74.6 Å². The predicted octanol–water partition coefficient (Wildman–Crippen LogP) is 3.61. The molecule has 1 saturated heterocycles. The lowest BCUT2D eigenvalue weighted by atomic mass is 10.1. The first-order valence-electron chi connectivity index (χ1n) is 10.7. The number of hydrogen-bond donors (Lipinski definition) is 1. The van der Waals surface area contributed by atoms with E-state index in [1.807, 2.05) is 49.4 Å². The van der Waals surface area contributed by atoms with Crippen LogP contribution in [-0.2, 0) is 11.3 Å². The van der Waals surface area contributed by atoms with E-state index in [1.54, 1.807) is 14.2 Å². The lowest BCUT2D eigenvalue weighted by molar-refractivity contribution is -0.0213. The minimum atomic E-state index is -0.514. The fourth-order valence-electron chi connectivity index (χ4n) is 3.81. The molecule has 2 atom stereocenters. The second-order valence-corrected chi connectivity index (χ2v) is 8.37. The molecule has 0 radical (unpaired) electrons. The lowest BCUT2D eigenvalue weighted by Crippen LogP contribution is -2.48. The highest BCUT2D eigenvalue weighted by molar-refractivity contribution is 6.30. The summed E-state index contributed by atoms with van der Waals surface area (Å²) in [5, 5.41) is 11.1. The van der Waals surface area contributed by atoms with Crippen molar-refractivity contribution in [3.8, 4) is 11.5 Å². The Morgan fingerprint density at radius 1 is 0.968 bits per heavy atom. The molecule has 2 unspecified atom stereocenters. The van der Waals surface area contributed by atoms with Crippen LogP contribution in [0.5, 0.6) is 11.5 Å². The van der Waals surface area contributed by atoms with Crippen molar-refractivity contribution in [2.75, 3.05) is 53.6 Å². The fourth-order valence-corrected chi connectivity index (χ4v) is 3.94. The summed E-state index contributed by atoms with van der Waals surface area (Å²) in [5.74, 6) is 1.72. The zero-order chi connectivity index (χ0) is 22.2. The first kappa shape index (κ1) is 23.8. The summed E-state index contributed by atoms with van der Waals surface area (Å²) in [5.41, 5.74) is 2.18. The van der Waals surface area contributed by atoms with Gasteiger partial charge in [0.1, 0.15) is 11.5 Å². The zero-order valence-electron chi connectivity index (χ0n) is 18.6. The third-order valence-electron chi connectivity index (χ3n) is 5.69. The molecule has 1 N–H and O–H groups in total. The first-order chi connectivity index (χ1) is 15.0. The third kappa shape index (κ3) is 7.09. The third-order valence-corrected chi connectivity index (χ3v) is 5.95. The molecule has 3 rings (SSSR count). The molecule has 2 aromatic rings. The topological polar surface area (TPSA) is 54.4 Å². The van der Waals surface area contributed by atoms with Gasteiger partial charge in [-0.3, -0.25) is 9.80 Å². The Morgan fingerprint density at radius 3 is 2.29 bits per heavy atom. The summed E-state index contributed by atoms with van der Waals surface area (Å²) in [6.07, 6.45) is -0.596. The number of benzene rings is 2. The second-order valence-electron chi connectivity index (χ2n) is 7.94. The second kappa shape index (κ2) is 11.7. The zero-order valence-corrected chi connectivity index (χ0v) is 19.3. The summed E-state index contributed by atoms with van der Waals surface area (Å²) in [6, 6.07) is 13.5. The SMILES string of the molecule is COc1ccc(OC)c(CN2CCN(CC(O)COC(C)c3ccc(Cl)cc3)CC2)c1. The number of methoxy groups -OCH3 is 2. The normalized spacial score (nSPS) is 17.3. The van der Waals surface area contributed by atoms with Gasteiger partial charge in [-0.25, -0.2) is 0 Å². The largest absolute Gasteiger partial charge is 0.497 e. The van der Waals surface area contributed by atoms with Crippen LogP contribution >= 0.6 is 11.6 Å². The molecule has 0 aliphatic carbocycles. The maximum atomic E-state index is 10.4. The van der Waals surface area contributed by atoms with E-state index >= 15 is 0 Å². The van der Waals surface area contributed by atoms with Crippen molar-refractivity contribution in [3.63, 3.8) is 0 Å². The van der Waals surface area contributed by atoms with Gasteiger partial charge < -0.3 is 19.3 Å². The highest BCUT2D eigenvalue weighted by Gasteiger charge is 2.21. The minimum absolute atomic E-state index is 0.0818. The average molecular weight is 449 g/mol. The molecular weight excluding hydrogens is 416 g/mol. The smallest absolute Gasteiger partial charge is 0.123 e. The quantitative estimate of drug-likeness (QED) is 0.599. The molecule has 31 heavy (non-hydrogen) atoms. The first-order valence-corrected chi connectivity index (χ1v) is 11.1. The van der Waals surface area contributed by atoms with Crippen LogP contribution in [0, 0.1) is 0 Å². The van der Waals surface area contributed by atoms with E-state index in [2.05, 4.69) is 9.80 Å². The van der Waals surface area contributed by atoms with Gasteiger partial charge in [-0.2, -0.15) is 0 Å². The van der Waals surface area contributed by atoms with E-state index in [0.717, 1.165) is 55.3 Å². The van der Waals surface area contributed by atoms with Crippen LogP contribution in [0.3, 0.4) is 0 Å². The fraction of sp³-hybridized carbons (Fsp3) is 0.500. The van der Waals surface area contributed by atoms with Crippen LogP contribution in [0.25, 0.3) is 0 Å². The molecule has 1 aliphatic rings. The van der Waals surface area contributed by atoms with Crippen molar-refractivity contribution in [1.29, 1.82) is 0 Å². The van der Waals surface area contributed by atoms with Crippen LogP contribution in [0.4, 0.5) is 0 Å². The van der Waals surface area contributed by atoms with Crippen molar-refractivity contribution in [3.05, 3.63) is 58.6 Å². The number of piperazine rings is 1. The molecule has 0 bridgehead atoms. The molecule has 7 heteroatoms. The molecule has 1 heterocycles. The van der Waals surface area contributed by atoms with Crippen LogP contribution < -0.4 is 9.47 Å². The van der Waals surface area contributed by atoms with Crippen molar-refractivity contribution in [1.82, 2.24) is 9.80 Å². The van der Waals surface area contributed by atoms with Gasteiger partial charge in [-0.15, -0.1) is 0 Å². The van der Waals surface area contributed by atoms with E-state index in [9.17, 15) is 5.11 Å². The maximum absolute atomic E-state index is 10.4. The van der Waals surface area contributed by atoms with Crippen LogP contribution in [0.2, 0.25) is 5.02 Å². The van der Waals surface area contributed by atoms with Gasteiger partial charge in [0.05, 0.1) is 33.0 Å². The highest BCUT2D eigenvalue weighted by Crippen LogP contribution is 2.25. The molecule has 0 spiro atoms. The number of aliphatic hydroxyl groups is 1.